The van der Waals surface area contributed by atoms with E-state index in [1.165, 1.54) is 16.2 Å². The molecule has 3 heterocycles. The third kappa shape index (κ3) is 5.14. The van der Waals surface area contributed by atoms with E-state index in [0.717, 1.165) is 5.56 Å². The van der Waals surface area contributed by atoms with Crippen molar-refractivity contribution in [1.82, 2.24) is 19.9 Å². The van der Waals surface area contributed by atoms with Gasteiger partial charge >= 0.3 is 5.97 Å². The summed E-state index contributed by atoms with van der Waals surface area (Å²) in [5.74, 6) is -1.28. The van der Waals surface area contributed by atoms with Crippen LogP contribution in [0.1, 0.15) is 85.9 Å². The Labute approximate surface area is 232 Å². The SMILES string of the molecule is COc1cc(C(=O)N2[C@@H](c3cnc(Cl)s3)[C@@H](c3cnccn3)C[C@@]2(CC(C)C)C(=O)O)ccc1C(C)(C)C. The van der Waals surface area contributed by atoms with Gasteiger partial charge in [0, 0.05) is 41.1 Å². The number of carboxylic acids is 1. The minimum Gasteiger partial charge on any atom is -0.496 e. The van der Waals surface area contributed by atoms with Gasteiger partial charge in [0.05, 0.1) is 18.8 Å². The summed E-state index contributed by atoms with van der Waals surface area (Å²) in [5, 5.41) is 10.8. The van der Waals surface area contributed by atoms with Crippen molar-refractivity contribution in [3.63, 3.8) is 0 Å². The maximum absolute atomic E-state index is 14.5. The molecule has 0 unspecified atom stereocenters. The summed E-state index contributed by atoms with van der Waals surface area (Å²) in [6, 6.07) is 4.69. The lowest BCUT2D eigenvalue weighted by atomic mass is 9.82. The molecule has 0 spiro atoms. The van der Waals surface area contributed by atoms with Crippen LogP contribution in [-0.4, -0.2) is 49.5 Å². The first kappa shape index (κ1) is 28.0. The molecule has 0 radical (unpaired) electrons. The van der Waals surface area contributed by atoms with Crippen LogP contribution in [0.15, 0.2) is 43.0 Å². The third-order valence-corrected chi connectivity index (χ3v) is 8.23. The van der Waals surface area contributed by atoms with Crippen LogP contribution in [0.2, 0.25) is 4.47 Å². The van der Waals surface area contributed by atoms with Crippen LogP contribution in [-0.2, 0) is 10.2 Å². The maximum Gasteiger partial charge on any atom is 0.329 e. The molecule has 1 saturated heterocycles. The highest BCUT2D eigenvalue weighted by Gasteiger charge is 2.60. The molecule has 202 valence electrons. The van der Waals surface area contributed by atoms with Crippen molar-refractivity contribution in [1.29, 1.82) is 0 Å². The highest BCUT2D eigenvalue weighted by Crippen LogP contribution is 2.55. The first-order valence-electron chi connectivity index (χ1n) is 12.5. The smallest absolute Gasteiger partial charge is 0.329 e. The minimum absolute atomic E-state index is 0.00510. The Kier molecular flexibility index (Phi) is 7.81. The number of benzene rings is 1. The molecule has 4 rings (SSSR count). The van der Waals surface area contributed by atoms with Gasteiger partial charge in [-0.25, -0.2) is 9.78 Å². The number of halogens is 1. The van der Waals surface area contributed by atoms with E-state index in [4.69, 9.17) is 16.3 Å². The zero-order valence-electron chi connectivity index (χ0n) is 22.4. The molecule has 1 aliphatic heterocycles. The van der Waals surface area contributed by atoms with Crippen molar-refractivity contribution >= 4 is 34.8 Å². The molecule has 38 heavy (non-hydrogen) atoms. The molecule has 2 aromatic heterocycles. The molecule has 8 nitrogen and oxygen atoms in total. The average molecular weight is 557 g/mol. The zero-order valence-corrected chi connectivity index (χ0v) is 24.0. The number of carboxylic acid groups (broad SMARTS) is 1. The third-order valence-electron chi connectivity index (χ3n) is 7.05. The van der Waals surface area contributed by atoms with Gasteiger partial charge in [-0.3, -0.25) is 14.8 Å². The summed E-state index contributed by atoms with van der Waals surface area (Å²) in [6.07, 6.45) is 6.86. The lowest BCUT2D eigenvalue weighted by Crippen LogP contribution is -2.54. The van der Waals surface area contributed by atoms with Crippen LogP contribution in [0.4, 0.5) is 0 Å². The van der Waals surface area contributed by atoms with Gasteiger partial charge < -0.3 is 14.7 Å². The Morgan fingerprint density at radius 1 is 1.24 bits per heavy atom. The van der Waals surface area contributed by atoms with Crippen molar-refractivity contribution < 1.29 is 19.4 Å². The number of amides is 1. The van der Waals surface area contributed by atoms with E-state index in [9.17, 15) is 14.7 Å². The van der Waals surface area contributed by atoms with Crippen LogP contribution >= 0.6 is 22.9 Å². The number of carbonyl (C=O) groups is 2. The number of aromatic nitrogens is 3. The van der Waals surface area contributed by atoms with Crippen molar-refractivity contribution in [3.05, 3.63) is 69.2 Å². The fraction of sp³-hybridized carbons (Fsp3) is 0.464. The standard InChI is InChI=1S/C28H33ClN4O4S/c1-16(2)12-28(25(35)36)13-18(20-14-30-9-10-31-20)23(22-15-32-26(29)38-22)33(28)24(34)17-7-8-19(27(3,4)5)21(11-17)37-6/h7-11,14-16,18,23H,12-13H2,1-6H3,(H,35,36)/t18-,23-,28+/m1/s1. The van der Waals surface area contributed by atoms with E-state index in [-0.39, 0.29) is 24.2 Å². The molecule has 0 aliphatic carbocycles. The van der Waals surface area contributed by atoms with E-state index >= 15 is 0 Å². The second kappa shape index (κ2) is 10.6. The molecule has 1 N–H and O–H groups in total. The molecule has 1 fully saturated rings. The van der Waals surface area contributed by atoms with Crippen LogP contribution in [0.3, 0.4) is 0 Å². The summed E-state index contributed by atoms with van der Waals surface area (Å²) >= 11 is 7.48. The Bertz CT molecular complexity index is 1320. The number of hydrogen-bond acceptors (Lipinski definition) is 7. The Morgan fingerprint density at radius 2 is 1.97 bits per heavy atom. The van der Waals surface area contributed by atoms with Gasteiger partial charge in [-0.2, -0.15) is 0 Å². The number of ether oxygens (including phenoxy) is 1. The van der Waals surface area contributed by atoms with Gasteiger partial charge in [0.15, 0.2) is 4.47 Å². The molecular formula is C28H33ClN4O4S. The second-order valence-electron chi connectivity index (χ2n) is 11.2. The van der Waals surface area contributed by atoms with Gasteiger partial charge in [-0.05, 0) is 41.9 Å². The topological polar surface area (TPSA) is 106 Å². The Hall–Kier alpha value is -3.04. The highest BCUT2D eigenvalue weighted by molar-refractivity contribution is 7.15. The average Bonchev–Trinajstić information content (AvgIpc) is 3.44. The van der Waals surface area contributed by atoms with E-state index < -0.39 is 29.4 Å². The lowest BCUT2D eigenvalue weighted by Gasteiger charge is -2.39. The Morgan fingerprint density at radius 3 is 2.50 bits per heavy atom. The monoisotopic (exact) mass is 556 g/mol. The fourth-order valence-corrected chi connectivity index (χ4v) is 6.67. The summed E-state index contributed by atoms with van der Waals surface area (Å²) in [7, 11) is 1.57. The van der Waals surface area contributed by atoms with E-state index in [2.05, 4.69) is 35.7 Å². The summed E-state index contributed by atoms with van der Waals surface area (Å²) in [5.41, 5.74) is 0.233. The first-order valence-corrected chi connectivity index (χ1v) is 13.7. The van der Waals surface area contributed by atoms with Gasteiger partial charge in [0.1, 0.15) is 11.3 Å². The number of nitrogens with zero attached hydrogens (tertiary/aromatic N) is 4. The van der Waals surface area contributed by atoms with Gasteiger partial charge in [-0.15, -0.1) is 11.3 Å². The quantitative estimate of drug-likeness (QED) is 0.373. The molecule has 1 amide bonds. The molecule has 0 bridgehead atoms. The largest absolute Gasteiger partial charge is 0.496 e. The number of likely N-dealkylation sites (tertiary alicyclic amines) is 1. The lowest BCUT2D eigenvalue weighted by molar-refractivity contribution is -0.150. The molecular weight excluding hydrogens is 524 g/mol. The van der Waals surface area contributed by atoms with E-state index in [1.807, 2.05) is 19.9 Å². The molecule has 1 aromatic carbocycles. The van der Waals surface area contributed by atoms with Gasteiger partial charge in [0.2, 0.25) is 0 Å². The van der Waals surface area contributed by atoms with Gasteiger partial charge in [-0.1, -0.05) is 52.3 Å². The Balaban J connectivity index is 1.94. The molecule has 3 atom stereocenters. The summed E-state index contributed by atoms with van der Waals surface area (Å²) in [6.45, 7) is 10.1. The summed E-state index contributed by atoms with van der Waals surface area (Å²) < 4.78 is 5.98. The van der Waals surface area contributed by atoms with E-state index in [0.29, 0.717) is 26.4 Å². The molecule has 0 saturated carbocycles. The molecule has 10 heteroatoms. The zero-order chi connectivity index (χ0) is 27.8. The van der Waals surface area contributed by atoms with Gasteiger partial charge in [0.25, 0.3) is 5.91 Å². The van der Waals surface area contributed by atoms with Crippen LogP contribution in [0.25, 0.3) is 0 Å². The maximum atomic E-state index is 14.5. The molecule has 3 aromatic rings. The minimum atomic E-state index is -1.48. The van der Waals surface area contributed by atoms with Crippen LogP contribution < -0.4 is 4.74 Å². The van der Waals surface area contributed by atoms with Crippen molar-refractivity contribution in [2.75, 3.05) is 7.11 Å². The van der Waals surface area contributed by atoms with Crippen molar-refractivity contribution in [2.24, 2.45) is 5.92 Å². The normalized spacial score (nSPS) is 21.6. The summed E-state index contributed by atoms with van der Waals surface area (Å²) in [4.78, 5) is 42.8. The number of hydrogen-bond donors (Lipinski definition) is 1. The van der Waals surface area contributed by atoms with Crippen LogP contribution in [0.5, 0.6) is 5.75 Å². The number of thiazole rings is 1. The number of carbonyl (C=O) groups excluding carboxylic acids is 1. The van der Waals surface area contributed by atoms with Crippen molar-refractivity contribution in [3.8, 4) is 5.75 Å². The van der Waals surface area contributed by atoms with Crippen LogP contribution in [0, 0.1) is 5.92 Å². The fourth-order valence-electron chi connectivity index (χ4n) is 5.55. The number of methoxy groups -OCH3 is 1. The number of rotatable bonds is 7. The predicted molar refractivity (Wildman–Crippen MR) is 147 cm³/mol. The molecule has 1 aliphatic rings. The van der Waals surface area contributed by atoms with E-state index in [1.54, 1.807) is 44.0 Å². The number of aliphatic carboxylic acids is 1. The van der Waals surface area contributed by atoms with Crippen molar-refractivity contribution in [2.45, 2.75) is 70.4 Å². The second-order valence-corrected chi connectivity index (χ2v) is 12.8. The first-order chi connectivity index (χ1) is 17.9. The predicted octanol–water partition coefficient (Wildman–Crippen LogP) is 6.13. The highest BCUT2D eigenvalue weighted by atomic mass is 35.5.